The maximum Gasteiger partial charge on any atom is 0.163 e. The fourth-order valence-electron chi connectivity index (χ4n) is 1.74. The first-order valence-corrected chi connectivity index (χ1v) is 5.97. The van der Waals surface area contributed by atoms with Gasteiger partial charge in [0.05, 0.1) is 14.2 Å². The van der Waals surface area contributed by atoms with E-state index in [9.17, 15) is 4.39 Å². The van der Waals surface area contributed by atoms with Gasteiger partial charge in [0.1, 0.15) is 5.82 Å². The summed E-state index contributed by atoms with van der Waals surface area (Å²) in [4.78, 5) is 0. The molecule has 4 heteroatoms. The van der Waals surface area contributed by atoms with Crippen LogP contribution in [-0.4, -0.2) is 20.1 Å². The van der Waals surface area contributed by atoms with Gasteiger partial charge in [0, 0.05) is 11.9 Å². The molecule has 0 bridgehead atoms. The molecule has 0 radical (unpaired) electrons. The van der Waals surface area contributed by atoms with Gasteiger partial charge in [-0.15, -0.1) is 11.6 Å². The van der Waals surface area contributed by atoms with E-state index in [4.69, 9.17) is 21.1 Å². The smallest absolute Gasteiger partial charge is 0.163 e. The van der Waals surface area contributed by atoms with Crippen LogP contribution in [0.2, 0.25) is 0 Å². The Bertz CT molecular complexity index is 391. The first-order valence-electron chi connectivity index (χ1n) is 5.44. The van der Waals surface area contributed by atoms with Crippen LogP contribution in [-0.2, 0) is 5.41 Å². The molecule has 0 spiro atoms. The normalized spacial score (nSPS) is 11.4. The predicted octanol–water partition coefficient (Wildman–Crippen LogP) is 3.75. The lowest BCUT2D eigenvalue weighted by molar-refractivity contribution is 0.348. The summed E-state index contributed by atoms with van der Waals surface area (Å²) in [5.74, 6) is 1.13. The van der Waals surface area contributed by atoms with Gasteiger partial charge in [-0.1, -0.05) is 13.8 Å². The highest BCUT2D eigenvalue weighted by molar-refractivity contribution is 6.17. The van der Waals surface area contributed by atoms with Crippen LogP contribution in [0.5, 0.6) is 11.5 Å². The summed E-state index contributed by atoms with van der Waals surface area (Å²) in [5.41, 5.74) is 0.265. The van der Waals surface area contributed by atoms with E-state index in [0.717, 1.165) is 0 Å². The number of hydrogen-bond acceptors (Lipinski definition) is 2. The summed E-state index contributed by atoms with van der Waals surface area (Å²) in [7, 11) is 3.02. The zero-order chi connectivity index (χ0) is 13.1. The zero-order valence-electron chi connectivity index (χ0n) is 10.6. The van der Waals surface area contributed by atoms with Crippen LogP contribution in [0.1, 0.15) is 25.8 Å². The minimum absolute atomic E-state index is 0.294. The van der Waals surface area contributed by atoms with Crippen LogP contribution in [0.15, 0.2) is 12.1 Å². The summed E-state index contributed by atoms with van der Waals surface area (Å²) >= 11 is 5.74. The SMILES string of the molecule is COc1cc(F)c(C(C)(C)CCCl)cc1OC. The molecule has 0 amide bonds. The topological polar surface area (TPSA) is 18.5 Å². The van der Waals surface area contributed by atoms with E-state index in [1.54, 1.807) is 6.07 Å². The highest BCUT2D eigenvalue weighted by Crippen LogP contribution is 2.37. The van der Waals surface area contributed by atoms with Gasteiger partial charge in [0.15, 0.2) is 11.5 Å². The van der Waals surface area contributed by atoms with Gasteiger partial charge in [-0.2, -0.15) is 0 Å². The van der Waals surface area contributed by atoms with Crippen molar-refractivity contribution >= 4 is 11.6 Å². The van der Waals surface area contributed by atoms with E-state index in [1.165, 1.54) is 20.3 Å². The van der Waals surface area contributed by atoms with Crippen molar-refractivity contribution in [3.05, 3.63) is 23.5 Å². The Morgan fingerprint density at radius 3 is 2.18 bits per heavy atom. The number of ether oxygens (including phenoxy) is 2. The van der Waals surface area contributed by atoms with Crippen molar-refractivity contribution in [2.75, 3.05) is 20.1 Å². The van der Waals surface area contributed by atoms with E-state index in [1.807, 2.05) is 13.8 Å². The van der Waals surface area contributed by atoms with Gasteiger partial charge in [-0.25, -0.2) is 4.39 Å². The second-order valence-electron chi connectivity index (χ2n) is 4.51. The van der Waals surface area contributed by atoms with Crippen molar-refractivity contribution in [1.29, 1.82) is 0 Å². The summed E-state index contributed by atoms with van der Waals surface area (Å²) in [6.07, 6.45) is 0.695. The third-order valence-electron chi connectivity index (χ3n) is 2.92. The Balaban J connectivity index is 3.25. The lowest BCUT2D eigenvalue weighted by Crippen LogP contribution is -2.19. The molecule has 0 aromatic heterocycles. The molecule has 0 aliphatic carbocycles. The van der Waals surface area contributed by atoms with Crippen LogP contribution in [0.4, 0.5) is 4.39 Å². The van der Waals surface area contributed by atoms with Gasteiger partial charge in [-0.3, -0.25) is 0 Å². The van der Waals surface area contributed by atoms with Crippen molar-refractivity contribution < 1.29 is 13.9 Å². The standard InChI is InChI=1S/C13H18ClFO2/c1-13(2,5-6-14)9-7-11(16-3)12(17-4)8-10(9)15/h7-8H,5-6H2,1-4H3. The third-order valence-corrected chi connectivity index (χ3v) is 3.11. The van der Waals surface area contributed by atoms with Crippen molar-refractivity contribution in [2.45, 2.75) is 25.7 Å². The molecule has 1 aromatic rings. The van der Waals surface area contributed by atoms with E-state index >= 15 is 0 Å². The number of hydrogen-bond donors (Lipinski definition) is 0. The number of benzene rings is 1. The monoisotopic (exact) mass is 260 g/mol. The maximum atomic E-state index is 14.0. The number of alkyl halides is 1. The number of halogens is 2. The van der Waals surface area contributed by atoms with E-state index < -0.39 is 0 Å². The van der Waals surface area contributed by atoms with Crippen LogP contribution in [0.3, 0.4) is 0 Å². The average molecular weight is 261 g/mol. The summed E-state index contributed by atoms with van der Waals surface area (Å²) < 4.78 is 24.2. The fourth-order valence-corrected chi connectivity index (χ4v) is 2.22. The van der Waals surface area contributed by atoms with Crippen LogP contribution in [0.25, 0.3) is 0 Å². The van der Waals surface area contributed by atoms with Crippen molar-refractivity contribution in [3.8, 4) is 11.5 Å². The van der Waals surface area contributed by atoms with Gasteiger partial charge in [-0.05, 0) is 23.5 Å². The molecule has 1 aromatic carbocycles. The lowest BCUT2D eigenvalue weighted by atomic mass is 9.81. The minimum Gasteiger partial charge on any atom is -0.493 e. The van der Waals surface area contributed by atoms with Gasteiger partial charge in [0.2, 0.25) is 0 Å². The van der Waals surface area contributed by atoms with Crippen molar-refractivity contribution in [2.24, 2.45) is 0 Å². The summed E-state index contributed by atoms with van der Waals surface area (Å²) in [6, 6.07) is 3.03. The summed E-state index contributed by atoms with van der Waals surface area (Å²) in [5, 5.41) is 0. The van der Waals surface area contributed by atoms with Gasteiger partial charge in [0.25, 0.3) is 0 Å². The van der Waals surface area contributed by atoms with Crippen LogP contribution < -0.4 is 9.47 Å². The third kappa shape index (κ3) is 3.03. The highest BCUT2D eigenvalue weighted by Gasteiger charge is 2.25. The molecule has 96 valence electrons. The molecule has 0 saturated heterocycles. The van der Waals surface area contributed by atoms with E-state index in [0.29, 0.717) is 29.4 Å². The molecule has 0 aliphatic heterocycles. The second-order valence-corrected chi connectivity index (χ2v) is 4.89. The molecule has 2 nitrogen and oxygen atoms in total. The minimum atomic E-state index is -0.328. The number of rotatable bonds is 5. The molecule has 0 saturated carbocycles. The molecule has 0 fully saturated rings. The summed E-state index contributed by atoms with van der Waals surface area (Å²) in [6.45, 7) is 3.92. The predicted molar refractivity (Wildman–Crippen MR) is 67.9 cm³/mol. The van der Waals surface area contributed by atoms with E-state index in [-0.39, 0.29) is 11.2 Å². The molecule has 0 unspecified atom stereocenters. The molecule has 0 atom stereocenters. The molecule has 1 rings (SSSR count). The van der Waals surface area contributed by atoms with Gasteiger partial charge < -0.3 is 9.47 Å². The van der Waals surface area contributed by atoms with Crippen LogP contribution in [0, 0.1) is 5.82 Å². The molecule has 0 heterocycles. The maximum absolute atomic E-state index is 14.0. The first-order chi connectivity index (χ1) is 7.96. The molecular weight excluding hydrogens is 243 g/mol. The number of methoxy groups -OCH3 is 2. The molecule has 0 N–H and O–H groups in total. The lowest BCUT2D eigenvalue weighted by Gasteiger charge is -2.25. The van der Waals surface area contributed by atoms with Crippen molar-refractivity contribution in [1.82, 2.24) is 0 Å². The zero-order valence-corrected chi connectivity index (χ0v) is 11.4. The van der Waals surface area contributed by atoms with E-state index in [2.05, 4.69) is 0 Å². The Hall–Kier alpha value is -0.960. The first kappa shape index (κ1) is 14.1. The van der Waals surface area contributed by atoms with Gasteiger partial charge >= 0.3 is 0 Å². The highest BCUT2D eigenvalue weighted by atomic mass is 35.5. The van der Waals surface area contributed by atoms with Crippen molar-refractivity contribution in [3.63, 3.8) is 0 Å². The second kappa shape index (κ2) is 5.58. The average Bonchev–Trinajstić information content (AvgIpc) is 2.28. The quantitative estimate of drug-likeness (QED) is 0.751. The Labute approximate surface area is 107 Å². The Kier molecular flexibility index (Phi) is 4.63. The molecular formula is C13H18ClFO2. The Morgan fingerprint density at radius 1 is 1.18 bits per heavy atom. The molecule has 0 aliphatic rings. The Morgan fingerprint density at radius 2 is 1.71 bits per heavy atom. The fraction of sp³-hybridized carbons (Fsp3) is 0.538. The largest absolute Gasteiger partial charge is 0.493 e. The molecule has 17 heavy (non-hydrogen) atoms. The van der Waals surface area contributed by atoms with Crippen LogP contribution >= 0.6 is 11.6 Å².